The summed E-state index contributed by atoms with van der Waals surface area (Å²) >= 11 is 0. The van der Waals surface area contributed by atoms with Gasteiger partial charge in [0.05, 0.1) is 13.2 Å². The fourth-order valence-electron chi connectivity index (χ4n) is 7.34. The van der Waals surface area contributed by atoms with Crippen LogP contribution < -0.4 is 0 Å². The third kappa shape index (κ3) is 2.08. The predicted octanol–water partition coefficient (Wildman–Crippen LogP) is 3.37. The minimum atomic E-state index is -1.48. The average Bonchev–Trinajstić information content (AvgIpc) is 3.11. The van der Waals surface area contributed by atoms with Crippen LogP contribution >= 0.6 is 0 Å². The molecule has 0 aromatic carbocycles. The van der Waals surface area contributed by atoms with Gasteiger partial charge >= 0.3 is 0 Å². The molecular formula is C21H32O4. The molecular weight excluding hydrogens is 316 g/mol. The number of hydrogen-bond acceptors (Lipinski definition) is 4. The van der Waals surface area contributed by atoms with Crippen LogP contribution in [0.4, 0.5) is 0 Å². The van der Waals surface area contributed by atoms with Gasteiger partial charge in [-0.15, -0.1) is 0 Å². The van der Waals surface area contributed by atoms with Crippen molar-refractivity contribution < 1.29 is 19.7 Å². The van der Waals surface area contributed by atoms with Crippen molar-refractivity contribution in [3.05, 3.63) is 11.6 Å². The van der Waals surface area contributed by atoms with Crippen molar-refractivity contribution in [3.63, 3.8) is 0 Å². The van der Waals surface area contributed by atoms with Gasteiger partial charge in [0.25, 0.3) is 0 Å². The Labute approximate surface area is 150 Å². The van der Waals surface area contributed by atoms with Crippen molar-refractivity contribution in [3.8, 4) is 0 Å². The van der Waals surface area contributed by atoms with Crippen LogP contribution in [0, 0.1) is 28.6 Å². The molecule has 3 unspecified atom stereocenters. The first kappa shape index (κ1) is 16.7. The highest BCUT2D eigenvalue weighted by atomic mass is 16.7. The van der Waals surface area contributed by atoms with Crippen LogP contribution in [0.15, 0.2) is 11.6 Å². The summed E-state index contributed by atoms with van der Waals surface area (Å²) in [4.78, 5) is 0. The fourth-order valence-corrected chi connectivity index (χ4v) is 7.34. The molecule has 140 valence electrons. The van der Waals surface area contributed by atoms with Gasteiger partial charge in [-0.2, -0.15) is 0 Å². The lowest BCUT2D eigenvalue weighted by Crippen LogP contribution is -2.55. The number of allylic oxidation sites excluding steroid dienone is 1. The van der Waals surface area contributed by atoms with Gasteiger partial charge in [0.2, 0.25) is 0 Å². The first-order valence-corrected chi connectivity index (χ1v) is 10.2. The summed E-state index contributed by atoms with van der Waals surface area (Å²) in [6.07, 6.45) is 10.2. The Bertz CT molecular complexity index is 605. The summed E-state index contributed by atoms with van der Waals surface area (Å²) < 4.78 is 12.0. The van der Waals surface area contributed by atoms with E-state index in [9.17, 15) is 10.2 Å². The molecule has 5 aliphatic rings. The monoisotopic (exact) mass is 348 g/mol. The number of rotatable bonds is 0. The van der Waals surface area contributed by atoms with Gasteiger partial charge in [0.1, 0.15) is 0 Å². The van der Waals surface area contributed by atoms with Gasteiger partial charge in [-0.3, -0.25) is 0 Å². The van der Waals surface area contributed by atoms with Crippen LogP contribution in [0.2, 0.25) is 0 Å². The summed E-state index contributed by atoms with van der Waals surface area (Å²) in [5, 5.41) is 21.2. The van der Waals surface area contributed by atoms with Gasteiger partial charge in [-0.1, -0.05) is 25.5 Å². The molecule has 0 aromatic rings. The molecule has 3 saturated carbocycles. The van der Waals surface area contributed by atoms with E-state index in [2.05, 4.69) is 19.9 Å². The summed E-state index contributed by atoms with van der Waals surface area (Å²) in [6, 6.07) is 0. The largest absolute Gasteiger partial charge is 0.365 e. The molecule has 1 aliphatic heterocycles. The highest BCUT2D eigenvalue weighted by Crippen LogP contribution is 2.67. The van der Waals surface area contributed by atoms with Crippen LogP contribution in [0.3, 0.4) is 0 Å². The third-order valence-electron chi connectivity index (χ3n) is 9.03. The quantitative estimate of drug-likeness (QED) is 0.520. The molecule has 5 atom stereocenters. The second kappa shape index (κ2) is 5.09. The maximum atomic E-state index is 10.6. The van der Waals surface area contributed by atoms with Crippen LogP contribution in [0.5, 0.6) is 0 Å². The molecule has 4 heteroatoms. The lowest BCUT2D eigenvalue weighted by atomic mass is 9.47. The first-order valence-electron chi connectivity index (χ1n) is 10.2. The van der Waals surface area contributed by atoms with Crippen LogP contribution in [0.25, 0.3) is 0 Å². The molecule has 2 N–H and O–H groups in total. The highest BCUT2D eigenvalue weighted by Gasteiger charge is 2.64. The Balaban J connectivity index is 1.46. The predicted molar refractivity (Wildman–Crippen MR) is 93.5 cm³/mol. The zero-order chi connectivity index (χ0) is 17.5. The van der Waals surface area contributed by atoms with Gasteiger partial charge in [0, 0.05) is 24.7 Å². The zero-order valence-electron chi connectivity index (χ0n) is 15.6. The van der Waals surface area contributed by atoms with E-state index in [0.717, 1.165) is 58.2 Å². The van der Waals surface area contributed by atoms with E-state index in [4.69, 9.17) is 9.47 Å². The Morgan fingerprint density at radius 3 is 2.44 bits per heavy atom. The second-order valence-corrected chi connectivity index (χ2v) is 9.86. The van der Waals surface area contributed by atoms with Crippen molar-refractivity contribution >= 4 is 0 Å². The molecule has 5 rings (SSSR count). The number of aliphatic hydroxyl groups is 2. The molecule has 4 nitrogen and oxygen atoms in total. The topological polar surface area (TPSA) is 58.9 Å². The van der Waals surface area contributed by atoms with Crippen LogP contribution in [-0.4, -0.2) is 35.0 Å². The van der Waals surface area contributed by atoms with Crippen molar-refractivity contribution in [2.75, 3.05) is 13.2 Å². The first-order chi connectivity index (χ1) is 11.8. The summed E-state index contributed by atoms with van der Waals surface area (Å²) in [6.45, 7) is 6.04. The Morgan fingerprint density at radius 1 is 0.960 bits per heavy atom. The van der Waals surface area contributed by atoms with Gasteiger partial charge in [0.15, 0.2) is 11.6 Å². The van der Waals surface area contributed by atoms with E-state index in [-0.39, 0.29) is 16.6 Å². The Morgan fingerprint density at radius 2 is 1.68 bits per heavy atom. The molecule has 1 heterocycles. The summed E-state index contributed by atoms with van der Waals surface area (Å²) in [5.74, 6) is -0.132. The molecule has 4 aliphatic carbocycles. The number of fused-ring (bicyclic) bond motifs is 5. The van der Waals surface area contributed by atoms with Crippen LogP contribution in [-0.2, 0) is 9.47 Å². The Kier molecular flexibility index (Phi) is 3.41. The Hall–Kier alpha value is -0.420. The van der Waals surface area contributed by atoms with Crippen molar-refractivity contribution in [2.24, 2.45) is 28.6 Å². The van der Waals surface area contributed by atoms with Crippen molar-refractivity contribution in [1.29, 1.82) is 0 Å². The summed E-state index contributed by atoms with van der Waals surface area (Å²) in [7, 11) is 0. The zero-order valence-corrected chi connectivity index (χ0v) is 15.6. The smallest absolute Gasteiger partial charge is 0.172 e. The van der Waals surface area contributed by atoms with E-state index in [1.54, 1.807) is 5.57 Å². The van der Waals surface area contributed by atoms with Gasteiger partial charge in [-0.05, 0) is 55.3 Å². The van der Waals surface area contributed by atoms with E-state index in [1.807, 2.05) is 0 Å². The SMILES string of the molecule is C[C@]12CCC3(CC1=CCC1C2CC[C@@]2(C)C1CCC2(O)O)OCCO3. The second-order valence-electron chi connectivity index (χ2n) is 9.86. The maximum absolute atomic E-state index is 10.6. The van der Waals surface area contributed by atoms with E-state index >= 15 is 0 Å². The van der Waals surface area contributed by atoms with E-state index in [0.29, 0.717) is 24.2 Å². The molecule has 1 spiro atoms. The molecule has 0 aromatic heterocycles. The van der Waals surface area contributed by atoms with Crippen molar-refractivity contribution in [2.45, 2.75) is 76.8 Å². The molecule has 0 radical (unpaired) electrons. The average molecular weight is 348 g/mol. The fraction of sp³-hybridized carbons (Fsp3) is 0.905. The summed E-state index contributed by atoms with van der Waals surface area (Å²) in [5.41, 5.74) is 1.45. The van der Waals surface area contributed by atoms with Crippen molar-refractivity contribution in [1.82, 2.24) is 0 Å². The molecule has 1 saturated heterocycles. The minimum Gasteiger partial charge on any atom is -0.365 e. The lowest BCUT2D eigenvalue weighted by Gasteiger charge is -2.59. The lowest BCUT2D eigenvalue weighted by molar-refractivity contribution is -0.248. The molecule has 25 heavy (non-hydrogen) atoms. The third-order valence-corrected chi connectivity index (χ3v) is 9.03. The van der Waals surface area contributed by atoms with Gasteiger partial charge < -0.3 is 19.7 Å². The van der Waals surface area contributed by atoms with Gasteiger partial charge in [-0.25, -0.2) is 0 Å². The molecule has 0 bridgehead atoms. The molecule has 0 amide bonds. The highest BCUT2D eigenvalue weighted by molar-refractivity contribution is 5.27. The molecule has 4 fully saturated rings. The minimum absolute atomic E-state index is 0.237. The standard InChI is InChI=1S/C21H32O4/c1-18-9-10-20(24-11-12-25-20)13-14(18)3-4-15-16(18)5-7-19(2)17(15)6-8-21(19,22)23/h3,15-17,22-23H,4-13H2,1-2H3/t15?,16?,17?,18-,19-/m0/s1. The maximum Gasteiger partial charge on any atom is 0.172 e. The number of ether oxygens (including phenoxy) is 2. The van der Waals surface area contributed by atoms with Crippen LogP contribution in [0.1, 0.15) is 65.2 Å². The van der Waals surface area contributed by atoms with E-state index < -0.39 is 5.79 Å². The van der Waals surface area contributed by atoms with E-state index in [1.165, 1.54) is 0 Å². The number of hydrogen-bond donors (Lipinski definition) is 2. The normalized spacial score (nSPS) is 50.1.